The topological polar surface area (TPSA) is 91.4 Å². The molecule has 26 heavy (non-hydrogen) atoms. The summed E-state index contributed by atoms with van der Waals surface area (Å²) < 4.78 is 21.0. The molecule has 0 aromatic carbocycles. The maximum absolute atomic E-state index is 12.7. The number of ether oxygens (including phenoxy) is 4. The number of hydrogen-bond acceptors (Lipinski definition) is 7. The molecular weight excluding hydrogens is 342 g/mol. The Bertz CT molecular complexity index is 618. The van der Waals surface area contributed by atoms with E-state index in [9.17, 15) is 14.4 Å². The number of cyclic esters (lactones) is 1. The van der Waals surface area contributed by atoms with Crippen molar-refractivity contribution in [3.63, 3.8) is 0 Å². The van der Waals surface area contributed by atoms with E-state index in [0.29, 0.717) is 18.6 Å². The quantitative estimate of drug-likeness (QED) is 0.557. The molecule has 1 amide bonds. The lowest BCUT2D eigenvalue weighted by Crippen LogP contribution is -2.48. The van der Waals surface area contributed by atoms with Crippen molar-refractivity contribution in [3.8, 4) is 0 Å². The number of likely N-dealkylation sites (tertiary alicyclic amines) is 1. The highest BCUT2D eigenvalue weighted by Crippen LogP contribution is 2.33. The van der Waals surface area contributed by atoms with Crippen LogP contribution in [0.5, 0.6) is 0 Å². The zero-order valence-corrected chi connectivity index (χ0v) is 16.2. The van der Waals surface area contributed by atoms with Crippen LogP contribution in [-0.4, -0.2) is 53.5 Å². The maximum Gasteiger partial charge on any atom is 0.411 e. The highest BCUT2D eigenvalue weighted by atomic mass is 16.7. The molecule has 2 aliphatic heterocycles. The van der Waals surface area contributed by atoms with E-state index in [2.05, 4.69) is 0 Å². The van der Waals surface area contributed by atoms with E-state index in [1.165, 1.54) is 18.1 Å². The van der Waals surface area contributed by atoms with Crippen LogP contribution in [0.15, 0.2) is 11.8 Å². The molecule has 0 radical (unpaired) electrons. The van der Waals surface area contributed by atoms with E-state index in [-0.39, 0.29) is 12.5 Å². The standard InChI is InChI=1S/C18H27NO7/c1-17(2,3)26-16(22)19-11(7-8-13(19)15(21)23-6)9-12-10-14(20)25-18(4,5)24-12/h10-11,13H,7-9H2,1-6H3/t11?,13-/m0/s1. The fourth-order valence-corrected chi connectivity index (χ4v) is 3.14. The van der Waals surface area contributed by atoms with Crippen LogP contribution in [0.1, 0.15) is 53.9 Å². The molecule has 1 unspecified atom stereocenters. The first-order valence-corrected chi connectivity index (χ1v) is 8.63. The van der Waals surface area contributed by atoms with Gasteiger partial charge in [0.05, 0.1) is 13.2 Å². The summed E-state index contributed by atoms with van der Waals surface area (Å²) in [5.41, 5.74) is -0.697. The Kier molecular flexibility index (Phi) is 5.53. The van der Waals surface area contributed by atoms with Crippen molar-refractivity contribution in [1.82, 2.24) is 4.90 Å². The minimum absolute atomic E-state index is 0.283. The van der Waals surface area contributed by atoms with Crippen LogP contribution in [0.2, 0.25) is 0 Å². The molecule has 0 spiro atoms. The largest absolute Gasteiger partial charge is 0.467 e. The van der Waals surface area contributed by atoms with Gasteiger partial charge in [0.1, 0.15) is 17.4 Å². The summed E-state index contributed by atoms with van der Waals surface area (Å²) in [5.74, 6) is -1.65. The fraction of sp³-hybridized carbons (Fsp3) is 0.722. The summed E-state index contributed by atoms with van der Waals surface area (Å²) >= 11 is 0. The Balaban J connectivity index is 2.21. The van der Waals surface area contributed by atoms with Crippen LogP contribution in [0.3, 0.4) is 0 Å². The van der Waals surface area contributed by atoms with Gasteiger partial charge in [-0.1, -0.05) is 0 Å². The van der Waals surface area contributed by atoms with Gasteiger partial charge in [0, 0.05) is 26.3 Å². The second kappa shape index (κ2) is 7.17. The Hall–Kier alpha value is -2.25. The van der Waals surface area contributed by atoms with Gasteiger partial charge in [-0.25, -0.2) is 14.4 Å². The zero-order valence-electron chi connectivity index (χ0n) is 16.2. The summed E-state index contributed by atoms with van der Waals surface area (Å²) in [6.07, 6.45) is 1.98. The van der Waals surface area contributed by atoms with E-state index in [4.69, 9.17) is 18.9 Å². The molecule has 8 heteroatoms. The van der Waals surface area contributed by atoms with Crippen molar-refractivity contribution >= 4 is 18.0 Å². The monoisotopic (exact) mass is 369 g/mol. The third-order valence-electron chi connectivity index (χ3n) is 4.02. The SMILES string of the molecule is COC(=O)[C@@H]1CCC(CC2=CC(=O)OC(C)(C)O2)N1C(=O)OC(C)(C)C. The smallest absolute Gasteiger partial charge is 0.411 e. The zero-order chi connectivity index (χ0) is 19.7. The van der Waals surface area contributed by atoms with Gasteiger partial charge in [-0.05, 0) is 33.6 Å². The lowest BCUT2D eigenvalue weighted by molar-refractivity contribution is -0.206. The number of hydrogen-bond donors (Lipinski definition) is 0. The minimum Gasteiger partial charge on any atom is -0.467 e. The first-order chi connectivity index (χ1) is 11.9. The van der Waals surface area contributed by atoms with E-state index in [1.807, 2.05) is 0 Å². The summed E-state index contributed by atoms with van der Waals surface area (Å²) in [7, 11) is 1.29. The number of methoxy groups -OCH3 is 1. The van der Waals surface area contributed by atoms with Crippen LogP contribution in [0, 0.1) is 0 Å². The third-order valence-corrected chi connectivity index (χ3v) is 4.02. The van der Waals surface area contributed by atoms with Crippen molar-refractivity contribution in [2.24, 2.45) is 0 Å². The van der Waals surface area contributed by atoms with Gasteiger partial charge in [-0.2, -0.15) is 0 Å². The molecule has 2 aliphatic rings. The third kappa shape index (κ3) is 4.89. The average Bonchev–Trinajstić information content (AvgIpc) is 2.86. The van der Waals surface area contributed by atoms with Gasteiger partial charge in [0.15, 0.2) is 0 Å². The van der Waals surface area contributed by atoms with Crippen LogP contribution >= 0.6 is 0 Å². The van der Waals surface area contributed by atoms with Gasteiger partial charge >= 0.3 is 18.0 Å². The number of carbonyl (C=O) groups excluding carboxylic acids is 3. The van der Waals surface area contributed by atoms with Crippen LogP contribution in [0.25, 0.3) is 0 Å². The highest BCUT2D eigenvalue weighted by Gasteiger charge is 2.44. The maximum atomic E-state index is 12.7. The second-order valence-electron chi connectivity index (χ2n) is 7.90. The second-order valence-corrected chi connectivity index (χ2v) is 7.90. The lowest BCUT2D eigenvalue weighted by atomic mass is 10.1. The molecule has 0 N–H and O–H groups in total. The molecule has 1 fully saturated rings. The van der Waals surface area contributed by atoms with Gasteiger partial charge < -0.3 is 18.9 Å². The molecule has 0 saturated carbocycles. The van der Waals surface area contributed by atoms with E-state index in [0.717, 1.165) is 0 Å². The fourth-order valence-electron chi connectivity index (χ4n) is 3.14. The minimum atomic E-state index is -1.07. The molecular formula is C18H27NO7. The summed E-state index contributed by atoms with van der Waals surface area (Å²) in [4.78, 5) is 37.9. The lowest BCUT2D eigenvalue weighted by Gasteiger charge is -2.34. The van der Waals surface area contributed by atoms with Gasteiger partial charge in [0.25, 0.3) is 0 Å². The van der Waals surface area contributed by atoms with Crippen molar-refractivity contribution in [2.75, 3.05) is 7.11 Å². The average molecular weight is 369 g/mol. The van der Waals surface area contributed by atoms with Crippen molar-refractivity contribution in [3.05, 3.63) is 11.8 Å². The van der Waals surface area contributed by atoms with Crippen molar-refractivity contribution in [1.29, 1.82) is 0 Å². The molecule has 0 aromatic heterocycles. The molecule has 1 saturated heterocycles. The van der Waals surface area contributed by atoms with Gasteiger partial charge in [-0.15, -0.1) is 0 Å². The van der Waals surface area contributed by atoms with Gasteiger partial charge in [-0.3, -0.25) is 4.90 Å². The molecule has 0 bridgehead atoms. The summed E-state index contributed by atoms with van der Waals surface area (Å²) in [6.45, 7) is 8.54. The number of amides is 1. The number of nitrogens with zero attached hydrogens (tertiary/aromatic N) is 1. The predicted molar refractivity (Wildman–Crippen MR) is 90.9 cm³/mol. The van der Waals surface area contributed by atoms with Crippen molar-refractivity contribution < 1.29 is 33.3 Å². The Morgan fingerprint density at radius 3 is 2.46 bits per heavy atom. The normalized spacial score (nSPS) is 25.1. The molecule has 2 heterocycles. The Labute approximate surface area is 153 Å². The van der Waals surface area contributed by atoms with Crippen LogP contribution in [-0.2, 0) is 28.5 Å². The van der Waals surface area contributed by atoms with E-state index < -0.39 is 35.5 Å². The van der Waals surface area contributed by atoms with E-state index >= 15 is 0 Å². The molecule has 0 aliphatic carbocycles. The van der Waals surface area contributed by atoms with Crippen LogP contribution in [0.4, 0.5) is 4.79 Å². The predicted octanol–water partition coefficient (Wildman–Crippen LogP) is 2.51. The molecule has 2 rings (SSSR count). The first-order valence-electron chi connectivity index (χ1n) is 8.63. The van der Waals surface area contributed by atoms with Crippen molar-refractivity contribution in [2.45, 2.75) is 77.4 Å². The highest BCUT2D eigenvalue weighted by molar-refractivity contribution is 5.84. The summed E-state index contributed by atoms with van der Waals surface area (Å²) in [5, 5.41) is 0. The van der Waals surface area contributed by atoms with Gasteiger partial charge in [0.2, 0.25) is 5.79 Å². The molecule has 2 atom stereocenters. The van der Waals surface area contributed by atoms with E-state index in [1.54, 1.807) is 34.6 Å². The Morgan fingerprint density at radius 1 is 1.27 bits per heavy atom. The number of carbonyl (C=O) groups is 3. The number of esters is 2. The molecule has 0 aromatic rings. The number of rotatable bonds is 3. The first kappa shape index (κ1) is 20.1. The summed E-state index contributed by atoms with van der Waals surface area (Å²) in [6, 6.07) is -1.06. The molecule has 146 valence electrons. The Morgan fingerprint density at radius 2 is 1.92 bits per heavy atom. The van der Waals surface area contributed by atoms with Crippen LogP contribution < -0.4 is 0 Å². The molecule has 8 nitrogen and oxygen atoms in total.